The molecule has 0 aliphatic carbocycles. The van der Waals surface area contributed by atoms with Crippen LogP contribution >= 0.6 is 0 Å². The highest BCUT2D eigenvalue weighted by atomic mass is 16.6. The van der Waals surface area contributed by atoms with Gasteiger partial charge in [0.05, 0.1) is 6.33 Å². The van der Waals surface area contributed by atoms with Crippen LogP contribution in [0.5, 0.6) is 0 Å². The molecule has 22 nitrogen and oxygen atoms in total. The van der Waals surface area contributed by atoms with E-state index in [1.807, 2.05) is 0 Å². The normalized spacial score (nSPS) is 19.6. The fourth-order valence-corrected chi connectivity index (χ4v) is 5.13. The highest BCUT2D eigenvalue weighted by Crippen LogP contribution is 2.32. The van der Waals surface area contributed by atoms with E-state index in [1.165, 1.54) is 17.2 Å². The van der Waals surface area contributed by atoms with Gasteiger partial charge in [0.2, 0.25) is 11.8 Å². The van der Waals surface area contributed by atoms with E-state index in [0.717, 1.165) is 0 Å². The number of anilines is 1. The van der Waals surface area contributed by atoms with Crippen molar-refractivity contribution in [2.24, 2.45) is 32.9 Å². The van der Waals surface area contributed by atoms with E-state index in [-0.39, 0.29) is 67.8 Å². The standard InChI is InChI=1S/C28H46N14O8/c29-21-17-22(38-12-37-21)42(13-39-17)25-19(45)18(44)20(50-25)24(47)34-9-3-1-2-8-16(43)40-14(6-4-10-35-27(30)31)23(46)41-15(26(48)49)7-5-11-36-28(32)33/h12-15,18-20,25,44-45H,1-11H2,(H,34,47)(H,40,43)(H,41,46)(H,48,49)(H2,29,37,38)(H4,30,31,35)(H4,32,33,36)/t14-,15-,18-,19+,20-,25+/m0/s1. The number of aromatic nitrogens is 4. The summed E-state index contributed by atoms with van der Waals surface area (Å²) in [6.07, 6.45) is -0.687. The Kier molecular flexibility index (Phi) is 14.9. The number of nitrogens with zero attached hydrogens (tertiary/aromatic N) is 6. The van der Waals surface area contributed by atoms with E-state index in [0.29, 0.717) is 32.1 Å². The van der Waals surface area contributed by atoms with Crippen LogP contribution in [0.1, 0.15) is 57.6 Å². The first kappa shape index (κ1) is 39.1. The fourth-order valence-electron chi connectivity index (χ4n) is 5.13. The van der Waals surface area contributed by atoms with Crippen molar-refractivity contribution < 1.29 is 39.2 Å². The number of aliphatic carboxylic acids is 1. The number of aliphatic imine (C=N–C) groups is 2. The molecule has 2 aromatic heterocycles. The van der Waals surface area contributed by atoms with E-state index in [9.17, 15) is 34.5 Å². The van der Waals surface area contributed by atoms with Crippen LogP contribution in [-0.2, 0) is 23.9 Å². The molecule has 1 fully saturated rings. The smallest absolute Gasteiger partial charge is 0.326 e. The number of nitrogen functional groups attached to an aromatic ring is 1. The first-order chi connectivity index (χ1) is 23.8. The van der Waals surface area contributed by atoms with Gasteiger partial charge in [-0.1, -0.05) is 6.42 Å². The number of rotatable bonds is 20. The first-order valence-corrected chi connectivity index (χ1v) is 16.0. The molecule has 1 saturated heterocycles. The number of hydrogen-bond donors (Lipinski definition) is 11. The number of nitrogens with two attached hydrogens (primary N) is 5. The van der Waals surface area contributed by atoms with Crippen LogP contribution in [-0.4, -0.2) is 120 Å². The zero-order chi connectivity index (χ0) is 36.8. The summed E-state index contributed by atoms with van der Waals surface area (Å²) in [5, 5.41) is 38.4. The topological polar surface area (TPSA) is 373 Å². The summed E-state index contributed by atoms with van der Waals surface area (Å²) in [6, 6.07) is -2.27. The predicted octanol–water partition coefficient (Wildman–Crippen LogP) is -4.13. The molecule has 1 aliphatic rings. The SMILES string of the molecule is NC(N)=NCCC[C@H](NC(=O)[C@H](CCCN=C(N)N)NC(=O)CCCCCNC(=O)[C@H]1O[C@@H](n2cnc3c(N)ncnc32)[C@H](O)[C@@H]1O)C(=O)O. The van der Waals surface area contributed by atoms with Crippen molar-refractivity contribution in [3.8, 4) is 0 Å². The summed E-state index contributed by atoms with van der Waals surface area (Å²) in [5.41, 5.74) is 27.6. The van der Waals surface area contributed by atoms with Crippen molar-refractivity contribution >= 4 is 52.6 Å². The van der Waals surface area contributed by atoms with Crippen LogP contribution < -0.4 is 44.6 Å². The molecule has 2 aromatic rings. The average molecular weight is 707 g/mol. The van der Waals surface area contributed by atoms with Gasteiger partial charge in [-0.25, -0.2) is 19.7 Å². The van der Waals surface area contributed by atoms with Crippen LogP contribution in [0.4, 0.5) is 5.82 Å². The van der Waals surface area contributed by atoms with Gasteiger partial charge in [0.15, 0.2) is 35.7 Å². The molecule has 16 N–H and O–H groups in total. The monoisotopic (exact) mass is 706 g/mol. The Bertz CT molecular complexity index is 1530. The molecule has 0 bridgehead atoms. The lowest BCUT2D eigenvalue weighted by Crippen LogP contribution is -2.51. The molecule has 3 amide bonds. The Labute approximate surface area is 286 Å². The Morgan fingerprint density at radius 3 is 2.18 bits per heavy atom. The van der Waals surface area contributed by atoms with E-state index >= 15 is 0 Å². The lowest BCUT2D eigenvalue weighted by Gasteiger charge is -2.21. The number of carboxylic acid groups (broad SMARTS) is 1. The molecule has 0 radical (unpaired) electrons. The predicted molar refractivity (Wildman–Crippen MR) is 178 cm³/mol. The number of hydrogen-bond acceptors (Lipinski definition) is 13. The molecule has 6 atom stereocenters. The van der Waals surface area contributed by atoms with Crippen LogP contribution in [0.15, 0.2) is 22.6 Å². The number of aliphatic hydroxyl groups is 2. The van der Waals surface area contributed by atoms with Gasteiger partial charge < -0.3 is 64.7 Å². The number of ether oxygens (including phenoxy) is 1. The molecule has 3 rings (SSSR count). The second-order valence-corrected chi connectivity index (χ2v) is 11.5. The number of fused-ring (bicyclic) bond motifs is 1. The molecule has 0 spiro atoms. The lowest BCUT2D eigenvalue weighted by atomic mass is 10.1. The molecule has 0 saturated carbocycles. The number of nitrogens with one attached hydrogen (secondary N) is 3. The number of carbonyl (C=O) groups is 4. The highest BCUT2D eigenvalue weighted by molar-refractivity contribution is 5.90. The zero-order valence-electron chi connectivity index (χ0n) is 27.3. The quantitative estimate of drug-likeness (QED) is 0.0354. The molecule has 3 heterocycles. The van der Waals surface area contributed by atoms with Gasteiger partial charge in [-0.3, -0.25) is 28.9 Å². The molecule has 0 unspecified atom stereocenters. The maximum atomic E-state index is 13.0. The number of carbonyl (C=O) groups excluding carboxylic acids is 3. The van der Waals surface area contributed by atoms with Crippen molar-refractivity contribution in [2.75, 3.05) is 25.4 Å². The molecule has 276 valence electrons. The number of aliphatic hydroxyl groups excluding tert-OH is 2. The number of guanidine groups is 2. The third-order valence-corrected chi connectivity index (χ3v) is 7.69. The van der Waals surface area contributed by atoms with Gasteiger partial charge >= 0.3 is 5.97 Å². The lowest BCUT2D eigenvalue weighted by molar-refractivity contribution is -0.142. The summed E-state index contributed by atoms with van der Waals surface area (Å²) in [4.78, 5) is 70.0. The van der Waals surface area contributed by atoms with Crippen molar-refractivity contribution in [2.45, 2.75) is 88.0 Å². The summed E-state index contributed by atoms with van der Waals surface area (Å²) in [7, 11) is 0. The Balaban J connectivity index is 1.44. The molecule has 0 aromatic carbocycles. The second-order valence-electron chi connectivity index (χ2n) is 11.5. The Hall–Kier alpha value is -5.35. The van der Waals surface area contributed by atoms with Gasteiger partial charge in [0, 0.05) is 26.1 Å². The van der Waals surface area contributed by atoms with Crippen LogP contribution in [0.2, 0.25) is 0 Å². The van der Waals surface area contributed by atoms with E-state index in [1.54, 1.807) is 0 Å². The minimum atomic E-state index is -1.53. The largest absolute Gasteiger partial charge is 0.480 e. The van der Waals surface area contributed by atoms with Gasteiger partial charge in [0.1, 0.15) is 36.1 Å². The molecular formula is C28H46N14O8. The van der Waals surface area contributed by atoms with Crippen LogP contribution in [0.25, 0.3) is 11.2 Å². The maximum Gasteiger partial charge on any atom is 0.326 e. The third kappa shape index (κ3) is 11.4. The van der Waals surface area contributed by atoms with Crippen molar-refractivity contribution in [1.29, 1.82) is 0 Å². The van der Waals surface area contributed by atoms with E-state index in [4.69, 9.17) is 33.4 Å². The maximum absolute atomic E-state index is 13.0. The van der Waals surface area contributed by atoms with Gasteiger partial charge in [0.25, 0.3) is 5.91 Å². The van der Waals surface area contributed by atoms with E-state index in [2.05, 4.69) is 40.9 Å². The van der Waals surface area contributed by atoms with Crippen molar-refractivity contribution in [1.82, 2.24) is 35.5 Å². The summed E-state index contributed by atoms with van der Waals surface area (Å²) >= 11 is 0. The minimum absolute atomic E-state index is 0.0533. The summed E-state index contributed by atoms with van der Waals surface area (Å²) in [6.45, 7) is 0.573. The highest BCUT2D eigenvalue weighted by Gasteiger charge is 2.47. The van der Waals surface area contributed by atoms with Crippen LogP contribution in [0, 0.1) is 0 Å². The Morgan fingerprint density at radius 1 is 0.880 bits per heavy atom. The van der Waals surface area contributed by atoms with Gasteiger partial charge in [-0.15, -0.1) is 0 Å². The molecule has 22 heteroatoms. The summed E-state index contributed by atoms with van der Waals surface area (Å²) in [5.74, 6) is -3.14. The van der Waals surface area contributed by atoms with Crippen molar-refractivity contribution in [3.63, 3.8) is 0 Å². The number of unbranched alkanes of at least 4 members (excludes halogenated alkanes) is 2. The zero-order valence-corrected chi connectivity index (χ0v) is 27.3. The van der Waals surface area contributed by atoms with Crippen molar-refractivity contribution in [3.05, 3.63) is 12.7 Å². The van der Waals surface area contributed by atoms with E-state index < -0.39 is 60.3 Å². The van der Waals surface area contributed by atoms with Gasteiger partial charge in [-0.2, -0.15) is 0 Å². The number of imidazole rings is 1. The van der Waals surface area contributed by atoms with Crippen LogP contribution in [0.3, 0.4) is 0 Å². The van der Waals surface area contributed by atoms with Gasteiger partial charge in [-0.05, 0) is 38.5 Å². The fraction of sp³-hybridized carbons (Fsp3) is 0.607. The molecular weight excluding hydrogens is 660 g/mol. The average Bonchev–Trinajstić information content (AvgIpc) is 3.62. The summed E-state index contributed by atoms with van der Waals surface area (Å²) < 4.78 is 7.04. The second kappa shape index (κ2) is 19.0. The first-order valence-electron chi connectivity index (χ1n) is 16.0. The molecule has 50 heavy (non-hydrogen) atoms. The Morgan fingerprint density at radius 2 is 1.54 bits per heavy atom. The third-order valence-electron chi connectivity index (χ3n) is 7.69. The minimum Gasteiger partial charge on any atom is -0.480 e. The number of amides is 3. The number of carboxylic acids is 1. The molecule has 1 aliphatic heterocycles.